The van der Waals surface area contributed by atoms with Crippen molar-refractivity contribution >= 4 is 29.6 Å². The molecular formula is C29H31F3N4O6. The second kappa shape index (κ2) is 16.4. The van der Waals surface area contributed by atoms with E-state index in [0.29, 0.717) is 18.5 Å². The van der Waals surface area contributed by atoms with Crippen LogP contribution < -0.4 is 16.0 Å². The number of nitrogens with zero attached hydrogens (tertiary/aromatic N) is 1. The lowest BCUT2D eigenvalue weighted by atomic mass is 9.99. The highest BCUT2D eigenvalue weighted by Gasteiger charge is 2.38. The predicted octanol–water partition coefficient (Wildman–Crippen LogP) is 4.41. The molecule has 2 atom stereocenters. The van der Waals surface area contributed by atoms with Crippen molar-refractivity contribution in [3.63, 3.8) is 0 Å². The molecule has 224 valence electrons. The molecule has 1 aromatic heterocycles. The van der Waals surface area contributed by atoms with Crippen molar-refractivity contribution < 1.29 is 42.6 Å². The van der Waals surface area contributed by atoms with Crippen LogP contribution in [0.1, 0.15) is 37.8 Å². The van der Waals surface area contributed by atoms with Gasteiger partial charge < -0.3 is 26.2 Å². The summed E-state index contributed by atoms with van der Waals surface area (Å²) in [5.41, 5.74) is 2.72. The highest BCUT2D eigenvalue weighted by Crippen LogP contribution is 2.23. The zero-order valence-corrected chi connectivity index (χ0v) is 22.6. The summed E-state index contributed by atoms with van der Waals surface area (Å²) >= 11 is 0. The Morgan fingerprint density at radius 2 is 1.45 bits per heavy atom. The van der Waals surface area contributed by atoms with Crippen LogP contribution in [-0.4, -0.2) is 57.7 Å². The maximum Gasteiger partial charge on any atom is 0.490 e. The van der Waals surface area contributed by atoms with Crippen molar-refractivity contribution in [3.8, 4) is 11.1 Å². The van der Waals surface area contributed by atoms with Crippen molar-refractivity contribution in [2.45, 2.75) is 44.4 Å². The molecule has 2 aromatic carbocycles. The van der Waals surface area contributed by atoms with Crippen LogP contribution in [-0.2, 0) is 19.2 Å². The van der Waals surface area contributed by atoms with Gasteiger partial charge in [-0.05, 0) is 42.2 Å². The molecule has 0 saturated heterocycles. The van der Waals surface area contributed by atoms with E-state index in [4.69, 9.17) is 9.90 Å². The molecule has 0 fully saturated rings. The lowest BCUT2D eigenvalue weighted by Gasteiger charge is -2.21. The number of nitrogens with one attached hydrogen (secondary N) is 3. The Balaban J connectivity index is 0.000000782. The SMILES string of the molecule is C[C@@H](NC(=O)CCCNc1ccccn1)C(=O)NC(CC(=O)O)c1ccc(-c2ccccc2)cc1.O=C(O)C(F)(F)F. The smallest absolute Gasteiger partial charge is 0.481 e. The van der Waals surface area contributed by atoms with Gasteiger partial charge in [0.05, 0.1) is 12.5 Å². The number of carboxylic acid groups (broad SMARTS) is 2. The van der Waals surface area contributed by atoms with E-state index in [0.717, 1.165) is 16.9 Å². The molecule has 0 spiro atoms. The minimum Gasteiger partial charge on any atom is -0.481 e. The van der Waals surface area contributed by atoms with Gasteiger partial charge in [-0.1, -0.05) is 60.7 Å². The Morgan fingerprint density at radius 3 is 2.00 bits per heavy atom. The van der Waals surface area contributed by atoms with Crippen molar-refractivity contribution in [3.05, 3.63) is 84.6 Å². The number of hydrogen-bond acceptors (Lipinski definition) is 6. The van der Waals surface area contributed by atoms with E-state index >= 15 is 0 Å². The van der Waals surface area contributed by atoms with Gasteiger partial charge in [-0.2, -0.15) is 13.2 Å². The van der Waals surface area contributed by atoms with E-state index < -0.39 is 36.1 Å². The summed E-state index contributed by atoms with van der Waals surface area (Å²) in [5.74, 6) is -3.74. The van der Waals surface area contributed by atoms with E-state index in [1.807, 2.05) is 72.8 Å². The van der Waals surface area contributed by atoms with E-state index in [9.17, 15) is 32.7 Å². The maximum absolute atomic E-state index is 12.7. The average molecular weight is 589 g/mol. The molecule has 0 aliphatic heterocycles. The third-order valence-electron chi connectivity index (χ3n) is 5.68. The molecule has 1 unspecified atom stereocenters. The van der Waals surface area contributed by atoms with Crippen molar-refractivity contribution in [1.82, 2.24) is 15.6 Å². The van der Waals surface area contributed by atoms with Crippen LogP contribution in [0.4, 0.5) is 19.0 Å². The summed E-state index contributed by atoms with van der Waals surface area (Å²) in [6, 6.07) is 21.3. The third-order valence-corrected chi connectivity index (χ3v) is 5.68. The number of alkyl halides is 3. The van der Waals surface area contributed by atoms with Gasteiger partial charge in [-0.15, -0.1) is 0 Å². The van der Waals surface area contributed by atoms with Crippen LogP contribution >= 0.6 is 0 Å². The number of carbonyl (C=O) groups excluding carboxylic acids is 2. The van der Waals surface area contributed by atoms with Crippen LogP contribution in [0.15, 0.2) is 79.0 Å². The number of rotatable bonds is 12. The fraction of sp³-hybridized carbons (Fsp3) is 0.276. The second-order valence-electron chi connectivity index (χ2n) is 8.98. The highest BCUT2D eigenvalue weighted by atomic mass is 19.4. The Hall–Kier alpha value is -4.94. The molecule has 0 aliphatic carbocycles. The fourth-order valence-corrected chi connectivity index (χ4v) is 3.57. The molecule has 10 nitrogen and oxygen atoms in total. The molecule has 0 radical (unpaired) electrons. The molecule has 2 amide bonds. The molecule has 5 N–H and O–H groups in total. The largest absolute Gasteiger partial charge is 0.490 e. The molecule has 13 heteroatoms. The number of aliphatic carboxylic acids is 2. The standard InChI is InChI=1S/C27H30N4O4.C2HF3O2/c1-19(30-25(32)11-7-17-29-24-10-5-6-16-28-24)27(35)31-23(18-26(33)34)22-14-12-21(13-15-22)20-8-3-2-4-9-20;3-2(4,5)1(6)7/h2-6,8-10,12-16,19,23H,7,11,17-18H2,1H3,(H,28,29)(H,30,32)(H,31,35)(H,33,34);(H,6,7)/t19-,23?;/m1./s1. The summed E-state index contributed by atoms with van der Waals surface area (Å²) in [5, 5.41) is 25.0. The normalized spacial score (nSPS) is 12.1. The van der Waals surface area contributed by atoms with Crippen LogP contribution in [0.3, 0.4) is 0 Å². The Kier molecular flexibility index (Phi) is 13.0. The fourth-order valence-electron chi connectivity index (χ4n) is 3.57. The number of hydrogen-bond donors (Lipinski definition) is 5. The predicted molar refractivity (Wildman–Crippen MR) is 148 cm³/mol. The van der Waals surface area contributed by atoms with Gasteiger partial charge in [-0.3, -0.25) is 14.4 Å². The number of carbonyl (C=O) groups is 4. The lowest BCUT2D eigenvalue weighted by Crippen LogP contribution is -2.46. The molecule has 3 aromatic rings. The number of halogens is 3. The van der Waals surface area contributed by atoms with Crippen molar-refractivity contribution in [2.75, 3.05) is 11.9 Å². The Morgan fingerprint density at radius 1 is 0.857 bits per heavy atom. The number of aromatic nitrogens is 1. The summed E-state index contributed by atoms with van der Waals surface area (Å²) in [7, 11) is 0. The molecular weight excluding hydrogens is 557 g/mol. The van der Waals surface area contributed by atoms with Crippen LogP contribution in [0.25, 0.3) is 11.1 Å². The van der Waals surface area contributed by atoms with Crippen LogP contribution in [0, 0.1) is 0 Å². The van der Waals surface area contributed by atoms with E-state index in [-0.39, 0.29) is 18.7 Å². The van der Waals surface area contributed by atoms with Gasteiger partial charge in [0, 0.05) is 19.2 Å². The number of benzene rings is 2. The van der Waals surface area contributed by atoms with Crippen LogP contribution in [0.5, 0.6) is 0 Å². The van der Waals surface area contributed by atoms with Crippen LogP contribution in [0.2, 0.25) is 0 Å². The first kappa shape index (κ1) is 33.3. The summed E-state index contributed by atoms with van der Waals surface area (Å²) in [6.45, 7) is 2.15. The number of carboxylic acids is 2. The molecule has 1 heterocycles. The number of amides is 2. The second-order valence-corrected chi connectivity index (χ2v) is 8.98. The first-order valence-electron chi connectivity index (χ1n) is 12.8. The summed E-state index contributed by atoms with van der Waals surface area (Å²) in [6.07, 6.45) is -2.84. The Bertz CT molecular complexity index is 1310. The lowest BCUT2D eigenvalue weighted by molar-refractivity contribution is -0.192. The van der Waals surface area contributed by atoms with E-state index in [1.165, 1.54) is 0 Å². The van der Waals surface area contributed by atoms with Crippen molar-refractivity contribution in [1.29, 1.82) is 0 Å². The monoisotopic (exact) mass is 588 g/mol. The minimum atomic E-state index is -5.08. The van der Waals surface area contributed by atoms with E-state index in [2.05, 4.69) is 20.9 Å². The van der Waals surface area contributed by atoms with Gasteiger partial charge >= 0.3 is 18.1 Å². The van der Waals surface area contributed by atoms with Crippen molar-refractivity contribution in [2.24, 2.45) is 0 Å². The summed E-state index contributed by atoms with van der Waals surface area (Å²) in [4.78, 5) is 49.4. The molecule has 42 heavy (non-hydrogen) atoms. The zero-order chi connectivity index (χ0) is 31.1. The first-order chi connectivity index (χ1) is 19.9. The number of pyridine rings is 1. The molecule has 0 saturated carbocycles. The average Bonchev–Trinajstić information content (AvgIpc) is 2.95. The number of anilines is 1. The minimum absolute atomic E-state index is 0.247. The molecule has 3 rings (SSSR count). The highest BCUT2D eigenvalue weighted by molar-refractivity contribution is 5.87. The summed E-state index contributed by atoms with van der Waals surface area (Å²) < 4.78 is 31.7. The quantitative estimate of drug-likeness (QED) is 0.195. The molecule has 0 aliphatic rings. The first-order valence-corrected chi connectivity index (χ1v) is 12.8. The van der Waals surface area contributed by atoms with Gasteiger partial charge in [0.1, 0.15) is 11.9 Å². The topological polar surface area (TPSA) is 158 Å². The maximum atomic E-state index is 12.7. The zero-order valence-electron chi connectivity index (χ0n) is 22.6. The van der Waals surface area contributed by atoms with E-state index in [1.54, 1.807) is 13.1 Å². The van der Waals surface area contributed by atoms with Gasteiger partial charge in [0.15, 0.2) is 0 Å². The van der Waals surface area contributed by atoms with Gasteiger partial charge in [0.2, 0.25) is 11.8 Å². The van der Waals surface area contributed by atoms with Gasteiger partial charge in [-0.25, -0.2) is 9.78 Å². The molecule has 0 bridgehead atoms. The third kappa shape index (κ3) is 12.1. The van der Waals surface area contributed by atoms with Gasteiger partial charge in [0.25, 0.3) is 0 Å². The Labute approximate surface area is 240 Å².